The van der Waals surface area contributed by atoms with Gasteiger partial charge in [0.2, 0.25) is 21.7 Å². The quantitative estimate of drug-likeness (QED) is 0.728. The van der Waals surface area contributed by atoms with Gasteiger partial charge in [0.25, 0.3) is 0 Å². The van der Waals surface area contributed by atoms with E-state index < -0.39 is 10.0 Å². The number of nitrogens with two attached hydrogens (primary N) is 1. The molecule has 0 spiro atoms. The number of sulfonamides is 1. The largest absolute Gasteiger partial charge is 0.497 e. The molecule has 27 heavy (non-hydrogen) atoms. The SMILES string of the molecule is COc1ccc2c(c1)OC[C@@H](c1nc(-c3ccc(S(N)(=O)=O)cc3)no1)C2. The number of methoxy groups -OCH3 is 1. The van der Waals surface area contributed by atoms with Gasteiger partial charge in [0, 0.05) is 11.6 Å². The summed E-state index contributed by atoms with van der Waals surface area (Å²) in [4.78, 5) is 4.47. The molecule has 9 heteroatoms. The highest BCUT2D eigenvalue weighted by atomic mass is 32.2. The molecule has 140 valence electrons. The first kappa shape index (κ1) is 17.5. The minimum atomic E-state index is -3.74. The van der Waals surface area contributed by atoms with Crippen LogP contribution in [-0.4, -0.2) is 32.3 Å². The van der Waals surface area contributed by atoms with Crippen molar-refractivity contribution >= 4 is 10.0 Å². The van der Waals surface area contributed by atoms with Crippen LogP contribution in [0.2, 0.25) is 0 Å². The molecular formula is C18H17N3O5S. The summed E-state index contributed by atoms with van der Waals surface area (Å²) in [5.41, 5.74) is 1.68. The van der Waals surface area contributed by atoms with Crippen LogP contribution in [-0.2, 0) is 16.4 Å². The summed E-state index contributed by atoms with van der Waals surface area (Å²) in [5.74, 6) is 2.34. The van der Waals surface area contributed by atoms with Crippen molar-refractivity contribution in [1.29, 1.82) is 0 Å². The van der Waals surface area contributed by atoms with E-state index in [1.54, 1.807) is 19.2 Å². The maximum absolute atomic E-state index is 11.3. The number of ether oxygens (including phenoxy) is 2. The molecule has 4 rings (SSSR count). The van der Waals surface area contributed by atoms with Crippen LogP contribution >= 0.6 is 0 Å². The van der Waals surface area contributed by atoms with E-state index in [1.807, 2.05) is 18.2 Å². The van der Waals surface area contributed by atoms with Crippen molar-refractivity contribution in [3.05, 3.63) is 53.9 Å². The Kier molecular flexibility index (Phi) is 4.33. The number of hydrogen-bond acceptors (Lipinski definition) is 7. The van der Waals surface area contributed by atoms with Crippen LogP contribution in [0.5, 0.6) is 11.5 Å². The van der Waals surface area contributed by atoms with Gasteiger partial charge < -0.3 is 14.0 Å². The average Bonchev–Trinajstić information content (AvgIpc) is 3.17. The Morgan fingerprint density at radius 2 is 1.96 bits per heavy atom. The van der Waals surface area contributed by atoms with Gasteiger partial charge in [0.1, 0.15) is 18.1 Å². The molecule has 1 aliphatic rings. The molecule has 0 saturated carbocycles. The molecule has 0 bridgehead atoms. The summed E-state index contributed by atoms with van der Waals surface area (Å²) in [5, 5.41) is 9.10. The summed E-state index contributed by atoms with van der Waals surface area (Å²) in [6.45, 7) is 0.423. The van der Waals surface area contributed by atoms with Gasteiger partial charge in [-0.3, -0.25) is 0 Å². The second-order valence-corrected chi connectivity index (χ2v) is 7.77. The summed E-state index contributed by atoms with van der Waals surface area (Å²) < 4.78 is 39.1. The zero-order valence-corrected chi connectivity index (χ0v) is 15.3. The smallest absolute Gasteiger partial charge is 0.238 e. The number of benzene rings is 2. The second kappa shape index (κ2) is 6.67. The van der Waals surface area contributed by atoms with Crippen LogP contribution in [0.3, 0.4) is 0 Å². The van der Waals surface area contributed by atoms with Crippen LogP contribution < -0.4 is 14.6 Å². The van der Waals surface area contributed by atoms with Crippen molar-refractivity contribution in [2.45, 2.75) is 17.2 Å². The van der Waals surface area contributed by atoms with E-state index in [0.29, 0.717) is 30.3 Å². The molecule has 8 nitrogen and oxygen atoms in total. The molecule has 1 aliphatic heterocycles. The third kappa shape index (κ3) is 3.51. The minimum Gasteiger partial charge on any atom is -0.497 e. The molecule has 3 aromatic rings. The van der Waals surface area contributed by atoms with E-state index in [9.17, 15) is 8.42 Å². The first-order valence-electron chi connectivity index (χ1n) is 8.20. The van der Waals surface area contributed by atoms with E-state index in [0.717, 1.165) is 17.1 Å². The predicted octanol–water partition coefficient (Wildman–Crippen LogP) is 2.11. The van der Waals surface area contributed by atoms with Gasteiger partial charge >= 0.3 is 0 Å². The molecule has 0 radical (unpaired) electrons. The third-order valence-corrected chi connectivity index (χ3v) is 5.34. The number of aromatic nitrogens is 2. The van der Waals surface area contributed by atoms with Gasteiger partial charge in [0.05, 0.1) is 17.9 Å². The minimum absolute atomic E-state index is 0.0303. The molecule has 1 atom stereocenters. The van der Waals surface area contributed by atoms with E-state index in [-0.39, 0.29) is 10.8 Å². The third-order valence-electron chi connectivity index (χ3n) is 4.41. The molecule has 2 aromatic carbocycles. The van der Waals surface area contributed by atoms with Gasteiger partial charge in [-0.05, 0) is 42.3 Å². The summed E-state index contributed by atoms with van der Waals surface area (Å²) >= 11 is 0. The van der Waals surface area contributed by atoms with Gasteiger partial charge in [-0.2, -0.15) is 4.98 Å². The summed E-state index contributed by atoms with van der Waals surface area (Å²) in [6.07, 6.45) is 0.714. The Bertz CT molecular complexity index is 1080. The lowest BCUT2D eigenvalue weighted by molar-refractivity contribution is 0.229. The van der Waals surface area contributed by atoms with Crippen molar-refractivity contribution in [2.24, 2.45) is 5.14 Å². The van der Waals surface area contributed by atoms with E-state index in [1.165, 1.54) is 12.1 Å². The molecule has 2 heterocycles. The number of rotatable bonds is 4. The zero-order valence-electron chi connectivity index (χ0n) is 14.5. The van der Waals surface area contributed by atoms with Crippen LogP contribution in [0.4, 0.5) is 0 Å². The zero-order chi connectivity index (χ0) is 19.0. The fraction of sp³-hybridized carbons (Fsp3) is 0.222. The first-order valence-corrected chi connectivity index (χ1v) is 9.75. The Morgan fingerprint density at radius 1 is 1.19 bits per heavy atom. The van der Waals surface area contributed by atoms with Gasteiger partial charge in [-0.1, -0.05) is 11.2 Å². The van der Waals surface area contributed by atoms with Crippen molar-refractivity contribution < 1.29 is 22.4 Å². The normalized spacial score (nSPS) is 16.4. The molecule has 0 saturated heterocycles. The van der Waals surface area contributed by atoms with E-state index in [4.69, 9.17) is 19.1 Å². The maximum Gasteiger partial charge on any atom is 0.238 e. The first-order chi connectivity index (χ1) is 12.9. The maximum atomic E-state index is 11.3. The Hall–Kier alpha value is -2.91. The molecule has 0 fully saturated rings. The van der Waals surface area contributed by atoms with Crippen molar-refractivity contribution in [2.75, 3.05) is 13.7 Å². The van der Waals surface area contributed by atoms with Crippen LogP contribution in [0, 0.1) is 0 Å². The van der Waals surface area contributed by atoms with Crippen LogP contribution in [0.1, 0.15) is 17.4 Å². The fourth-order valence-electron chi connectivity index (χ4n) is 2.95. The van der Waals surface area contributed by atoms with Crippen LogP contribution in [0.25, 0.3) is 11.4 Å². The van der Waals surface area contributed by atoms with Crippen molar-refractivity contribution in [3.8, 4) is 22.9 Å². The number of nitrogens with zero attached hydrogens (tertiary/aromatic N) is 2. The highest BCUT2D eigenvalue weighted by Crippen LogP contribution is 2.34. The standard InChI is InChI=1S/C18H17N3O5S/c1-24-14-5-2-12-8-13(10-25-16(12)9-14)18-20-17(21-26-18)11-3-6-15(7-4-11)27(19,22)23/h2-7,9,13H,8,10H2,1H3,(H2,19,22,23)/t13-/m0/s1. The number of fused-ring (bicyclic) bond motifs is 1. The highest BCUT2D eigenvalue weighted by molar-refractivity contribution is 7.89. The molecule has 0 aliphatic carbocycles. The second-order valence-electron chi connectivity index (χ2n) is 6.21. The summed E-state index contributed by atoms with van der Waals surface area (Å²) in [7, 11) is -2.12. The fourth-order valence-corrected chi connectivity index (χ4v) is 3.47. The average molecular weight is 387 g/mol. The molecule has 2 N–H and O–H groups in total. The topological polar surface area (TPSA) is 118 Å². The molecule has 1 aromatic heterocycles. The summed E-state index contributed by atoms with van der Waals surface area (Å²) in [6, 6.07) is 11.7. The molecule has 0 unspecified atom stereocenters. The monoisotopic (exact) mass is 387 g/mol. The van der Waals surface area contributed by atoms with Gasteiger partial charge in [-0.15, -0.1) is 0 Å². The Morgan fingerprint density at radius 3 is 2.67 bits per heavy atom. The number of primary sulfonamides is 1. The van der Waals surface area contributed by atoms with E-state index >= 15 is 0 Å². The van der Waals surface area contributed by atoms with Crippen LogP contribution in [0.15, 0.2) is 51.9 Å². The predicted molar refractivity (Wildman–Crippen MR) is 96.0 cm³/mol. The Labute approximate surface area is 156 Å². The lowest BCUT2D eigenvalue weighted by Gasteiger charge is -2.23. The lowest BCUT2D eigenvalue weighted by Crippen LogP contribution is -2.19. The Balaban J connectivity index is 1.54. The van der Waals surface area contributed by atoms with E-state index in [2.05, 4.69) is 10.1 Å². The molecule has 0 amide bonds. The van der Waals surface area contributed by atoms with Crippen molar-refractivity contribution in [1.82, 2.24) is 10.1 Å². The number of hydrogen-bond donors (Lipinski definition) is 1. The highest BCUT2D eigenvalue weighted by Gasteiger charge is 2.27. The van der Waals surface area contributed by atoms with Gasteiger partial charge in [-0.25, -0.2) is 13.6 Å². The lowest BCUT2D eigenvalue weighted by atomic mass is 9.96. The molecular weight excluding hydrogens is 370 g/mol. The van der Waals surface area contributed by atoms with Gasteiger partial charge in [0.15, 0.2) is 0 Å². The van der Waals surface area contributed by atoms with Crippen molar-refractivity contribution in [3.63, 3.8) is 0 Å².